The van der Waals surface area contributed by atoms with Crippen LogP contribution in [-0.4, -0.2) is 11.1 Å². The number of ether oxygens (including phenoxy) is 1. The quantitative estimate of drug-likeness (QED) is 0.535. The second-order valence-corrected chi connectivity index (χ2v) is 3.72. The van der Waals surface area contributed by atoms with Gasteiger partial charge in [0, 0.05) is 0 Å². The Labute approximate surface area is 64.9 Å². The van der Waals surface area contributed by atoms with Crippen molar-refractivity contribution in [2.45, 2.75) is 30.9 Å². The highest BCUT2D eigenvalue weighted by Crippen LogP contribution is 2.26. The maximum atomic E-state index is 5.43. The third kappa shape index (κ3) is 2.26. The predicted octanol–water partition coefficient (Wildman–Crippen LogP) is 2.36. The van der Waals surface area contributed by atoms with Crippen molar-refractivity contribution >= 4 is 15.9 Å². The molecule has 3 unspecified atom stereocenters. The minimum atomic E-state index is 0.240. The Hall–Kier alpha value is 0.440. The molecule has 0 saturated carbocycles. The van der Waals surface area contributed by atoms with Gasteiger partial charge in [0.05, 0.1) is 6.10 Å². The van der Waals surface area contributed by atoms with Gasteiger partial charge in [-0.25, -0.2) is 0 Å². The molecule has 1 fully saturated rings. The van der Waals surface area contributed by atoms with E-state index in [9.17, 15) is 0 Å². The van der Waals surface area contributed by atoms with E-state index in [2.05, 4.69) is 29.8 Å². The molecule has 0 aromatic rings. The average molecular weight is 192 g/mol. The third-order valence-electron chi connectivity index (χ3n) is 1.56. The first-order valence-corrected chi connectivity index (χ1v) is 4.22. The predicted molar refractivity (Wildman–Crippen MR) is 41.3 cm³/mol. The maximum Gasteiger partial charge on any atom is 0.113 e. The zero-order valence-electron chi connectivity index (χ0n) is 5.64. The topological polar surface area (TPSA) is 9.23 Å². The molecule has 1 saturated heterocycles. The molecule has 0 amide bonds. The van der Waals surface area contributed by atoms with Crippen LogP contribution in [0.3, 0.4) is 0 Å². The molecular formula is C7H12BrO. The molecule has 1 nitrogen and oxygen atoms in total. The van der Waals surface area contributed by atoms with Crippen molar-refractivity contribution in [3.63, 3.8) is 0 Å². The van der Waals surface area contributed by atoms with Crippen LogP contribution in [0.5, 0.6) is 0 Å². The van der Waals surface area contributed by atoms with Crippen LogP contribution in [0.1, 0.15) is 19.8 Å². The molecule has 0 aliphatic carbocycles. The highest BCUT2D eigenvalue weighted by molar-refractivity contribution is 9.09. The molecule has 0 N–H and O–H groups in total. The highest BCUT2D eigenvalue weighted by atomic mass is 79.9. The Morgan fingerprint density at radius 2 is 2.22 bits per heavy atom. The average Bonchev–Trinajstić information content (AvgIpc) is 1.59. The molecule has 53 valence electrons. The number of alkyl halides is 1. The highest BCUT2D eigenvalue weighted by Gasteiger charge is 2.21. The third-order valence-corrected chi connectivity index (χ3v) is 2.15. The molecule has 2 heteroatoms. The Bertz CT molecular complexity index is 69.9. The second-order valence-electron chi connectivity index (χ2n) is 2.69. The van der Waals surface area contributed by atoms with Crippen LogP contribution in [-0.2, 0) is 4.74 Å². The van der Waals surface area contributed by atoms with Gasteiger partial charge in [-0.2, -0.15) is 0 Å². The van der Waals surface area contributed by atoms with E-state index in [4.69, 9.17) is 4.74 Å². The van der Waals surface area contributed by atoms with Crippen LogP contribution in [0.4, 0.5) is 0 Å². The molecule has 0 bridgehead atoms. The van der Waals surface area contributed by atoms with E-state index in [0.717, 1.165) is 12.8 Å². The van der Waals surface area contributed by atoms with E-state index in [0.29, 0.717) is 12.0 Å². The van der Waals surface area contributed by atoms with Gasteiger partial charge in [-0.05, 0) is 32.6 Å². The zero-order chi connectivity index (χ0) is 6.85. The van der Waals surface area contributed by atoms with Crippen molar-refractivity contribution in [1.29, 1.82) is 0 Å². The summed E-state index contributed by atoms with van der Waals surface area (Å²) in [6, 6.07) is 0. The molecule has 3 atom stereocenters. The lowest BCUT2D eigenvalue weighted by Gasteiger charge is -2.28. The van der Waals surface area contributed by atoms with Crippen LogP contribution in [0.2, 0.25) is 0 Å². The standard InChI is InChI=1S/C7H12BrO/c1-5-3-6(2)9-7(8)4-5/h5-7H,1,3-4H2,2H3. The van der Waals surface area contributed by atoms with Crippen molar-refractivity contribution in [1.82, 2.24) is 0 Å². The van der Waals surface area contributed by atoms with Crippen molar-refractivity contribution < 1.29 is 4.74 Å². The Morgan fingerprint density at radius 1 is 1.56 bits per heavy atom. The summed E-state index contributed by atoms with van der Waals surface area (Å²) in [6.45, 7) is 6.08. The van der Waals surface area contributed by atoms with Crippen molar-refractivity contribution in [3.05, 3.63) is 6.92 Å². The SMILES string of the molecule is [CH2]C1CC(C)OC(Br)C1. The summed E-state index contributed by atoms with van der Waals surface area (Å²) in [6.07, 6.45) is 2.53. The lowest BCUT2D eigenvalue weighted by molar-refractivity contribution is -0.00431. The first-order valence-electron chi connectivity index (χ1n) is 3.31. The number of rotatable bonds is 0. The van der Waals surface area contributed by atoms with Crippen LogP contribution >= 0.6 is 15.9 Å². The van der Waals surface area contributed by atoms with E-state index in [1.54, 1.807) is 0 Å². The molecule has 1 heterocycles. The fourth-order valence-electron chi connectivity index (χ4n) is 1.19. The summed E-state index contributed by atoms with van der Waals surface area (Å²) in [7, 11) is 0. The van der Waals surface area contributed by atoms with Gasteiger partial charge in [-0.15, -0.1) is 0 Å². The number of halogens is 1. The van der Waals surface area contributed by atoms with Gasteiger partial charge in [0.2, 0.25) is 0 Å². The lowest BCUT2D eigenvalue weighted by atomic mass is 9.99. The molecule has 1 aliphatic rings. The van der Waals surface area contributed by atoms with Gasteiger partial charge in [0.15, 0.2) is 0 Å². The molecule has 0 aromatic carbocycles. The molecule has 1 rings (SSSR count). The van der Waals surface area contributed by atoms with Crippen LogP contribution in [0.25, 0.3) is 0 Å². The first-order chi connectivity index (χ1) is 4.18. The Kier molecular flexibility index (Phi) is 2.53. The summed E-state index contributed by atoms with van der Waals surface area (Å²) >= 11 is 3.41. The van der Waals surface area contributed by atoms with Gasteiger partial charge < -0.3 is 4.74 Å². The van der Waals surface area contributed by atoms with Crippen LogP contribution in [0.15, 0.2) is 0 Å². The van der Waals surface area contributed by atoms with Gasteiger partial charge in [0.25, 0.3) is 0 Å². The minimum absolute atomic E-state index is 0.240. The van der Waals surface area contributed by atoms with Crippen LogP contribution in [0, 0.1) is 12.8 Å². The van der Waals surface area contributed by atoms with Crippen molar-refractivity contribution in [2.24, 2.45) is 5.92 Å². The molecule has 0 aromatic heterocycles. The number of hydrogen-bond donors (Lipinski definition) is 0. The summed E-state index contributed by atoms with van der Waals surface area (Å²) in [5, 5.41) is 0.240. The van der Waals surface area contributed by atoms with Crippen molar-refractivity contribution in [2.75, 3.05) is 0 Å². The van der Waals surface area contributed by atoms with E-state index in [-0.39, 0.29) is 5.01 Å². The molecular weight excluding hydrogens is 180 g/mol. The van der Waals surface area contributed by atoms with E-state index < -0.39 is 0 Å². The van der Waals surface area contributed by atoms with Gasteiger partial charge in [-0.3, -0.25) is 0 Å². The minimum Gasteiger partial charge on any atom is -0.364 e. The maximum absolute atomic E-state index is 5.43. The monoisotopic (exact) mass is 191 g/mol. The molecule has 1 radical (unpaired) electrons. The van der Waals surface area contributed by atoms with Crippen molar-refractivity contribution in [3.8, 4) is 0 Å². The van der Waals surface area contributed by atoms with Gasteiger partial charge in [-0.1, -0.05) is 15.9 Å². The van der Waals surface area contributed by atoms with Crippen LogP contribution < -0.4 is 0 Å². The molecule has 9 heavy (non-hydrogen) atoms. The van der Waals surface area contributed by atoms with Gasteiger partial charge >= 0.3 is 0 Å². The first kappa shape index (κ1) is 7.55. The smallest absolute Gasteiger partial charge is 0.113 e. The fraction of sp³-hybridized carbons (Fsp3) is 0.857. The fourth-order valence-corrected chi connectivity index (χ4v) is 2.09. The summed E-state index contributed by atoms with van der Waals surface area (Å²) < 4.78 is 5.43. The van der Waals surface area contributed by atoms with E-state index in [1.807, 2.05) is 0 Å². The summed E-state index contributed by atoms with van der Waals surface area (Å²) in [5.74, 6) is 0.568. The Morgan fingerprint density at radius 3 is 2.67 bits per heavy atom. The normalized spacial score (nSPS) is 45.0. The largest absolute Gasteiger partial charge is 0.364 e. The molecule has 1 aliphatic heterocycles. The van der Waals surface area contributed by atoms with E-state index >= 15 is 0 Å². The van der Waals surface area contributed by atoms with E-state index in [1.165, 1.54) is 0 Å². The molecule has 0 spiro atoms. The zero-order valence-corrected chi connectivity index (χ0v) is 7.23. The Balaban J connectivity index is 2.34. The summed E-state index contributed by atoms with van der Waals surface area (Å²) in [4.78, 5) is 0. The lowest BCUT2D eigenvalue weighted by Crippen LogP contribution is -2.25. The van der Waals surface area contributed by atoms with Gasteiger partial charge in [0.1, 0.15) is 5.01 Å². The number of hydrogen-bond acceptors (Lipinski definition) is 1. The summed E-state index contributed by atoms with van der Waals surface area (Å²) in [5.41, 5.74) is 0. The second kappa shape index (κ2) is 3.02.